The van der Waals surface area contributed by atoms with Crippen LogP contribution in [0, 0.1) is 0 Å². The van der Waals surface area contributed by atoms with Crippen LogP contribution < -0.4 is 10.2 Å². The molecule has 0 saturated carbocycles. The summed E-state index contributed by atoms with van der Waals surface area (Å²) in [5, 5.41) is 5.29. The number of pyridine rings is 1. The van der Waals surface area contributed by atoms with Gasteiger partial charge in [0.05, 0.1) is 5.52 Å². The van der Waals surface area contributed by atoms with Gasteiger partial charge in [0, 0.05) is 36.6 Å². The number of hydrogen-bond donors (Lipinski definition) is 1. The van der Waals surface area contributed by atoms with Crippen molar-refractivity contribution in [3.63, 3.8) is 0 Å². The fourth-order valence-corrected chi connectivity index (χ4v) is 2.75. The van der Waals surface area contributed by atoms with E-state index in [9.17, 15) is 0 Å². The fourth-order valence-electron chi connectivity index (χ4n) is 2.58. The monoisotopic (exact) mass is 275 g/mol. The van der Waals surface area contributed by atoms with Crippen molar-refractivity contribution in [3.8, 4) is 0 Å². The predicted octanol–water partition coefficient (Wildman–Crippen LogP) is 2.86. The molecule has 4 heteroatoms. The minimum absolute atomic E-state index is 0.746. The van der Waals surface area contributed by atoms with Crippen LogP contribution in [0.5, 0.6) is 0 Å². The Bertz CT molecular complexity index is 591. The van der Waals surface area contributed by atoms with Crippen molar-refractivity contribution in [3.05, 3.63) is 34.9 Å². The van der Waals surface area contributed by atoms with Gasteiger partial charge in [0.25, 0.3) is 0 Å². The molecule has 1 aliphatic heterocycles. The molecular formula is C15H18ClN3. The van der Waals surface area contributed by atoms with Gasteiger partial charge in [-0.15, -0.1) is 0 Å². The van der Waals surface area contributed by atoms with Gasteiger partial charge in [0.1, 0.15) is 5.82 Å². The Hall–Kier alpha value is -1.32. The molecule has 1 aliphatic rings. The number of hydrogen-bond acceptors (Lipinski definition) is 3. The standard InChI is InChI=1S/C15H18ClN3/c1-2-11-9-12-3-4-13(16)10-14(12)18-15(11)19-7-5-17-6-8-19/h3-4,9-10,17H,2,5-8H2,1H3. The number of aryl methyl sites for hydroxylation is 1. The van der Waals surface area contributed by atoms with Gasteiger partial charge < -0.3 is 10.2 Å². The molecule has 0 bridgehead atoms. The van der Waals surface area contributed by atoms with Crippen molar-refractivity contribution < 1.29 is 0 Å². The Morgan fingerprint density at radius 3 is 2.79 bits per heavy atom. The van der Waals surface area contributed by atoms with Crippen LogP contribution >= 0.6 is 11.6 Å². The number of fused-ring (bicyclic) bond motifs is 1. The molecule has 2 aromatic rings. The van der Waals surface area contributed by atoms with Crippen LogP contribution in [0.15, 0.2) is 24.3 Å². The summed E-state index contributed by atoms with van der Waals surface area (Å²) in [6.45, 7) is 6.28. The number of piperazine rings is 1. The van der Waals surface area contributed by atoms with Gasteiger partial charge in [-0.25, -0.2) is 4.98 Å². The lowest BCUT2D eigenvalue weighted by atomic mass is 10.1. The Morgan fingerprint density at radius 1 is 1.26 bits per heavy atom. The molecule has 1 saturated heterocycles. The van der Waals surface area contributed by atoms with E-state index in [0.29, 0.717) is 0 Å². The third kappa shape index (κ3) is 2.53. The molecule has 0 radical (unpaired) electrons. The highest BCUT2D eigenvalue weighted by molar-refractivity contribution is 6.31. The zero-order valence-electron chi connectivity index (χ0n) is 11.1. The van der Waals surface area contributed by atoms with Crippen LogP contribution in [0.2, 0.25) is 5.02 Å². The minimum atomic E-state index is 0.746. The average molecular weight is 276 g/mol. The molecular weight excluding hydrogens is 258 g/mol. The summed E-state index contributed by atoms with van der Waals surface area (Å²) >= 11 is 6.07. The number of halogens is 1. The maximum Gasteiger partial charge on any atom is 0.132 e. The van der Waals surface area contributed by atoms with Gasteiger partial charge in [0.15, 0.2) is 0 Å². The van der Waals surface area contributed by atoms with E-state index in [0.717, 1.165) is 49.0 Å². The predicted molar refractivity (Wildman–Crippen MR) is 81.2 cm³/mol. The van der Waals surface area contributed by atoms with E-state index in [4.69, 9.17) is 16.6 Å². The summed E-state index contributed by atoms with van der Waals surface area (Å²) in [7, 11) is 0. The molecule has 1 fully saturated rings. The molecule has 2 heterocycles. The van der Waals surface area contributed by atoms with E-state index >= 15 is 0 Å². The van der Waals surface area contributed by atoms with Gasteiger partial charge in [0.2, 0.25) is 0 Å². The molecule has 1 aromatic carbocycles. The maximum absolute atomic E-state index is 6.07. The smallest absolute Gasteiger partial charge is 0.132 e. The van der Waals surface area contributed by atoms with Crippen molar-refractivity contribution in [2.45, 2.75) is 13.3 Å². The SMILES string of the molecule is CCc1cc2ccc(Cl)cc2nc1N1CCNCC1. The van der Waals surface area contributed by atoms with Crippen LogP contribution in [0.1, 0.15) is 12.5 Å². The van der Waals surface area contributed by atoms with E-state index in [1.807, 2.05) is 18.2 Å². The lowest BCUT2D eigenvalue weighted by molar-refractivity contribution is 0.584. The second-order valence-corrected chi connectivity index (χ2v) is 5.34. The molecule has 0 spiro atoms. The first-order chi connectivity index (χ1) is 9.28. The molecule has 3 nitrogen and oxygen atoms in total. The third-order valence-electron chi connectivity index (χ3n) is 3.63. The molecule has 0 aliphatic carbocycles. The topological polar surface area (TPSA) is 28.2 Å². The maximum atomic E-state index is 6.07. The second-order valence-electron chi connectivity index (χ2n) is 4.90. The molecule has 1 N–H and O–H groups in total. The summed E-state index contributed by atoms with van der Waals surface area (Å²) in [4.78, 5) is 7.21. The first-order valence-corrected chi connectivity index (χ1v) is 7.20. The largest absolute Gasteiger partial charge is 0.354 e. The van der Waals surface area contributed by atoms with E-state index in [-0.39, 0.29) is 0 Å². The second kappa shape index (κ2) is 5.35. The summed E-state index contributed by atoms with van der Waals surface area (Å²) in [6, 6.07) is 8.17. The fraction of sp³-hybridized carbons (Fsp3) is 0.400. The van der Waals surface area contributed by atoms with Gasteiger partial charge >= 0.3 is 0 Å². The summed E-state index contributed by atoms with van der Waals surface area (Å²) in [5.74, 6) is 1.12. The van der Waals surface area contributed by atoms with Crippen LogP contribution in [0.3, 0.4) is 0 Å². The molecule has 0 atom stereocenters. The minimum Gasteiger partial charge on any atom is -0.354 e. The van der Waals surface area contributed by atoms with Crippen molar-refractivity contribution in [1.82, 2.24) is 10.3 Å². The number of nitrogens with one attached hydrogen (secondary N) is 1. The van der Waals surface area contributed by atoms with E-state index in [2.05, 4.69) is 23.2 Å². The van der Waals surface area contributed by atoms with Gasteiger partial charge in [-0.1, -0.05) is 24.6 Å². The van der Waals surface area contributed by atoms with Gasteiger partial charge in [-0.3, -0.25) is 0 Å². The van der Waals surface area contributed by atoms with E-state index in [1.165, 1.54) is 10.9 Å². The van der Waals surface area contributed by atoms with Crippen molar-refractivity contribution in [2.75, 3.05) is 31.1 Å². The molecule has 3 rings (SSSR count). The molecule has 0 amide bonds. The van der Waals surface area contributed by atoms with Crippen LogP contribution in [-0.2, 0) is 6.42 Å². The van der Waals surface area contributed by atoms with E-state index in [1.54, 1.807) is 0 Å². The van der Waals surface area contributed by atoms with Crippen LogP contribution in [0.25, 0.3) is 10.9 Å². The lowest BCUT2D eigenvalue weighted by Crippen LogP contribution is -2.44. The van der Waals surface area contributed by atoms with Gasteiger partial charge in [-0.05, 0) is 30.2 Å². The van der Waals surface area contributed by atoms with Gasteiger partial charge in [-0.2, -0.15) is 0 Å². The number of nitrogens with zero attached hydrogens (tertiary/aromatic N) is 2. The highest BCUT2D eigenvalue weighted by atomic mass is 35.5. The molecule has 1 aromatic heterocycles. The third-order valence-corrected chi connectivity index (χ3v) is 3.87. The zero-order chi connectivity index (χ0) is 13.2. The normalized spacial score (nSPS) is 16.0. The van der Waals surface area contributed by atoms with Crippen molar-refractivity contribution >= 4 is 28.3 Å². The van der Waals surface area contributed by atoms with E-state index < -0.39 is 0 Å². The highest BCUT2D eigenvalue weighted by Gasteiger charge is 2.15. The quantitative estimate of drug-likeness (QED) is 0.914. The first kappa shape index (κ1) is 12.7. The Balaban J connectivity index is 2.10. The first-order valence-electron chi connectivity index (χ1n) is 6.83. The van der Waals surface area contributed by atoms with Crippen LogP contribution in [-0.4, -0.2) is 31.2 Å². The highest BCUT2D eigenvalue weighted by Crippen LogP contribution is 2.26. The number of anilines is 1. The Morgan fingerprint density at radius 2 is 2.05 bits per heavy atom. The summed E-state index contributed by atoms with van der Waals surface area (Å²) in [5.41, 5.74) is 2.30. The number of aromatic nitrogens is 1. The molecule has 0 unspecified atom stereocenters. The average Bonchev–Trinajstić information content (AvgIpc) is 2.46. The number of benzene rings is 1. The molecule has 100 valence electrons. The van der Waals surface area contributed by atoms with Crippen LogP contribution in [0.4, 0.5) is 5.82 Å². The Kier molecular flexibility index (Phi) is 3.58. The summed E-state index contributed by atoms with van der Waals surface area (Å²) in [6.07, 6.45) is 1.00. The van der Waals surface area contributed by atoms with Crippen molar-refractivity contribution in [1.29, 1.82) is 0 Å². The lowest BCUT2D eigenvalue weighted by Gasteiger charge is -2.30. The van der Waals surface area contributed by atoms with Crippen molar-refractivity contribution in [2.24, 2.45) is 0 Å². The zero-order valence-corrected chi connectivity index (χ0v) is 11.9. The summed E-state index contributed by atoms with van der Waals surface area (Å²) < 4.78 is 0. The molecule has 19 heavy (non-hydrogen) atoms. The number of rotatable bonds is 2. The Labute approximate surface area is 118 Å².